The van der Waals surface area contributed by atoms with E-state index in [1.807, 2.05) is 26.0 Å². The first-order valence-electron chi connectivity index (χ1n) is 9.04. The molecule has 8 nitrogen and oxygen atoms in total. The van der Waals surface area contributed by atoms with Gasteiger partial charge in [0.15, 0.2) is 5.69 Å². The van der Waals surface area contributed by atoms with Gasteiger partial charge >= 0.3 is 6.09 Å². The fraction of sp³-hybridized carbons (Fsp3) is 0.474. The van der Waals surface area contributed by atoms with Crippen LogP contribution in [0.4, 0.5) is 4.79 Å². The third-order valence-corrected chi connectivity index (χ3v) is 4.77. The van der Waals surface area contributed by atoms with Crippen LogP contribution in [0.15, 0.2) is 18.2 Å². The molecule has 0 aliphatic carbocycles. The lowest BCUT2D eigenvalue weighted by Gasteiger charge is -2.20. The zero-order chi connectivity index (χ0) is 19.6. The molecular formula is C19H25N5O3. The van der Waals surface area contributed by atoms with Crippen molar-refractivity contribution in [1.29, 1.82) is 0 Å². The SMILES string of the molecule is COC(=O)N1CCCN(C(=O)c2nn(-c3ccc(C)cc3C)nc2C)CC1. The summed E-state index contributed by atoms with van der Waals surface area (Å²) in [5.41, 5.74) is 4.01. The van der Waals surface area contributed by atoms with Gasteiger partial charge in [0.2, 0.25) is 0 Å². The minimum Gasteiger partial charge on any atom is -0.453 e. The van der Waals surface area contributed by atoms with Gasteiger partial charge in [-0.2, -0.15) is 9.90 Å². The molecule has 0 bridgehead atoms. The smallest absolute Gasteiger partial charge is 0.409 e. The van der Waals surface area contributed by atoms with Crippen molar-refractivity contribution in [3.05, 3.63) is 40.7 Å². The van der Waals surface area contributed by atoms with Crippen LogP contribution in [0.5, 0.6) is 0 Å². The number of aromatic nitrogens is 3. The Kier molecular flexibility index (Phi) is 5.43. The van der Waals surface area contributed by atoms with Crippen LogP contribution in [0.1, 0.15) is 33.7 Å². The summed E-state index contributed by atoms with van der Waals surface area (Å²) in [7, 11) is 1.37. The number of rotatable bonds is 2. The minimum atomic E-state index is -0.360. The summed E-state index contributed by atoms with van der Waals surface area (Å²) in [4.78, 5) is 29.6. The van der Waals surface area contributed by atoms with Gasteiger partial charge in [-0.1, -0.05) is 17.7 Å². The minimum absolute atomic E-state index is 0.157. The Hall–Kier alpha value is -2.90. The maximum atomic E-state index is 13.0. The zero-order valence-corrected chi connectivity index (χ0v) is 16.2. The molecule has 0 N–H and O–H groups in total. The average Bonchev–Trinajstić information content (AvgIpc) is 2.87. The first-order chi connectivity index (χ1) is 12.9. The van der Waals surface area contributed by atoms with Gasteiger partial charge in [0, 0.05) is 26.2 Å². The molecule has 27 heavy (non-hydrogen) atoms. The Bertz CT molecular complexity index is 861. The Morgan fingerprint density at radius 3 is 2.41 bits per heavy atom. The monoisotopic (exact) mass is 371 g/mol. The quantitative estimate of drug-likeness (QED) is 0.808. The lowest BCUT2D eigenvalue weighted by atomic mass is 10.1. The van der Waals surface area contributed by atoms with Crippen molar-refractivity contribution in [2.45, 2.75) is 27.2 Å². The highest BCUT2D eigenvalue weighted by molar-refractivity contribution is 5.93. The van der Waals surface area contributed by atoms with E-state index >= 15 is 0 Å². The second-order valence-electron chi connectivity index (χ2n) is 6.82. The van der Waals surface area contributed by atoms with Crippen molar-refractivity contribution in [3.8, 4) is 5.69 Å². The van der Waals surface area contributed by atoms with Crippen molar-refractivity contribution >= 4 is 12.0 Å². The number of nitrogens with zero attached hydrogens (tertiary/aromatic N) is 5. The van der Waals surface area contributed by atoms with Crippen LogP contribution in [-0.4, -0.2) is 70.1 Å². The number of methoxy groups -OCH3 is 1. The van der Waals surface area contributed by atoms with Crippen molar-refractivity contribution in [3.63, 3.8) is 0 Å². The van der Waals surface area contributed by atoms with Gasteiger partial charge in [0.05, 0.1) is 18.5 Å². The lowest BCUT2D eigenvalue weighted by molar-refractivity contribution is 0.0750. The van der Waals surface area contributed by atoms with Gasteiger partial charge in [-0.05, 0) is 38.8 Å². The molecule has 2 aromatic rings. The molecule has 0 unspecified atom stereocenters. The van der Waals surface area contributed by atoms with E-state index in [0.717, 1.165) is 16.8 Å². The third kappa shape index (κ3) is 3.94. The largest absolute Gasteiger partial charge is 0.453 e. The highest BCUT2D eigenvalue weighted by atomic mass is 16.5. The van der Waals surface area contributed by atoms with E-state index in [-0.39, 0.29) is 12.0 Å². The number of amides is 2. The molecule has 2 amide bonds. The highest BCUT2D eigenvalue weighted by Crippen LogP contribution is 2.17. The van der Waals surface area contributed by atoms with Crippen LogP contribution in [0, 0.1) is 20.8 Å². The number of ether oxygens (including phenoxy) is 1. The molecule has 1 aliphatic heterocycles. The van der Waals surface area contributed by atoms with E-state index in [2.05, 4.69) is 16.3 Å². The van der Waals surface area contributed by atoms with Crippen molar-refractivity contribution in [1.82, 2.24) is 24.8 Å². The first-order valence-corrected chi connectivity index (χ1v) is 9.04. The first kappa shape index (κ1) is 18.9. The Balaban J connectivity index is 1.79. The van der Waals surface area contributed by atoms with Crippen molar-refractivity contribution in [2.24, 2.45) is 0 Å². The molecule has 3 rings (SSSR count). The molecule has 0 saturated carbocycles. The van der Waals surface area contributed by atoms with Gasteiger partial charge in [0.1, 0.15) is 0 Å². The summed E-state index contributed by atoms with van der Waals surface area (Å²) in [6, 6.07) is 6.02. The maximum Gasteiger partial charge on any atom is 0.409 e. The lowest BCUT2D eigenvalue weighted by Crippen LogP contribution is -2.37. The molecule has 2 heterocycles. The molecule has 0 atom stereocenters. The summed E-state index contributed by atoms with van der Waals surface area (Å²) in [5.74, 6) is -0.157. The van der Waals surface area contributed by atoms with Gasteiger partial charge in [-0.15, -0.1) is 5.10 Å². The van der Waals surface area contributed by atoms with Crippen molar-refractivity contribution in [2.75, 3.05) is 33.3 Å². The summed E-state index contributed by atoms with van der Waals surface area (Å²) >= 11 is 0. The van der Waals surface area contributed by atoms with Crippen LogP contribution in [-0.2, 0) is 4.74 Å². The molecule has 0 radical (unpaired) electrons. The Morgan fingerprint density at radius 1 is 1.00 bits per heavy atom. The van der Waals surface area contributed by atoms with E-state index in [1.165, 1.54) is 11.9 Å². The fourth-order valence-corrected chi connectivity index (χ4v) is 3.30. The van der Waals surface area contributed by atoms with Gasteiger partial charge in [-0.3, -0.25) is 4.79 Å². The standard InChI is InChI=1S/C19H25N5O3/c1-13-6-7-16(14(2)12-13)24-20-15(3)17(21-24)18(25)22-8-5-9-23(11-10-22)19(26)27-4/h6-7,12H,5,8-11H2,1-4H3. The number of carbonyl (C=O) groups excluding carboxylic acids is 2. The second-order valence-corrected chi connectivity index (χ2v) is 6.82. The molecule has 1 aromatic heterocycles. The summed E-state index contributed by atoms with van der Waals surface area (Å²) < 4.78 is 4.77. The normalized spacial score (nSPS) is 14.8. The molecular weight excluding hydrogens is 346 g/mol. The van der Waals surface area contributed by atoms with Crippen LogP contribution >= 0.6 is 0 Å². The van der Waals surface area contributed by atoms with E-state index < -0.39 is 0 Å². The Labute approximate surface area is 158 Å². The van der Waals surface area contributed by atoms with E-state index in [4.69, 9.17) is 4.74 Å². The molecule has 0 spiro atoms. The van der Waals surface area contributed by atoms with Gasteiger partial charge < -0.3 is 14.5 Å². The van der Waals surface area contributed by atoms with E-state index in [9.17, 15) is 9.59 Å². The third-order valence-electron chi connectivity index (χ3n) is 4.77. The average molecular weight is 371 g/mol. The van der Waals surface area contributed by atoms with E-state index in [1.54, 1.807) is 16.7 Å². The van der Waals surface area contributed by atoms with Gasteiger partial charge in [-0.25, -0.2) is 4.79 Å². The number of hydrogen-bond donors (Lipinski definition) is 0. The molecule has 1 fully saturated rings. The number of aryl methyl sites for hydroxylation is 3. The summed E-state index contributed by atoms with van der Waals surface area (Å²) in [6.45, 7) is 7.86. The fourth-order valence-electron chi connectivity index (χ4n) is 3.30. The maximum absolute atomic E-state index is 13.0. The van der Waals surface area contributed by atoms with Gasteiger partial charge in [0.25, 0.3) is 5.91 Å². The predicted molar refractivity (Wildman–Crippen MR) is 100 cm³/mol. The van der Waals surface area contributed by atoms with Crippen LogP contribution < -0.4 is 0 Å². The topological polar surface area (TPSA) is 80.6 Å². The van der Waals surface area contributed by atoms with Crippen LogP contribution in [0.2, 0.25) is 0 Å². The second kappa shape index (κ2) is 7.77. The number of hydrogen-bond acceptors (Lipinski definition) is 5. The number of benzene rings is 1. The summed E-state index contributed by atoms with van der Waals surface area (Å²) in [5, 5.41) is 8.90. The molecule has 8 heteroatoms. The number of carbonyl (C=O) groups is 2. The highest BCUT2D eigenvalue weighted by Gasteiger charge is 2.26. The Morgan fingerprint density at radius 2 is 1.70 bits per heavy atom. The molecule has 1 saturated heterocycles. The van der Waals surface area contributed by atoms with E-state index in [0.29, 0.717) is 44.0 Å². The van der Waals surface area contributed by atoms with Crippen LogP contribution in [0.25, 0.3) is 5.69 Å². The zero-order valence-electron chi connectivity index (χ0n) is 16.2. The molecule has 1 aromatic carbocycles. The van der Waals surface area contributed by atoms with Crippen LogP contribution in [0.3, 0.4) is 0 Å². The van der Waals surface area contributed by atoms with Crippen molar-refractivity contribution < 1.29 is 14.3 Å². The summed E-state index contributed by atoms with van der Waals surface area (Å²) in [6.07, 6.45) is 0.340. The molecule has 144 valence electrons. The predicted octanol–water partition coefficient (Wildman–Crippen LogP) is 2.11. The molecule has 1 aliphatic rings.